The van der Waals surface area contributed by atoms with Crippen LogP contribution in [-0.4, -0.2) is 18.9 Å². The van der Waals surface area contributed by atoms with Crippen LogP contribution in [0.25, 0.3) is 0 Å². The van der Waals surface area contributed by atoms with Gasteiger partial charge in [0.1, 0.15) is 5.92 Å². The second kappa shape index (κ2) is 4.40. The lowest BCUT2D eigenvalue weighted by atomic mass is 9.64. The average molecular weight is 224 g/mol. The molecule has 16 heavy (non-hydrogen) atoms. The van der Waals surface area contributed by atoms with Gasteiger partial charge in [-0.05, 0) is 25.7 Å². The van der Waals surface area contributed by atoms with Crippen molar-refractivity contribution in [2.45, 2.75) is 33.6 Å². The molecule has 90 valence electrons. The van der Waals surface area contributed by atoms with E-state index in [0.29, 0.717) is 0 Å². The Labute approximate surface area is 96.9 Å². The zero-order chi connectivity index (χ0) is 12.5. The number of allylic oxidation sites excluding steroid dienone is 1. The van der Waals surface area contributed by atoms with Crippen LogP contribution < -0.4 is 0 Å². The van der Waals surface area contributed by atoms with Gasteiger partial charge >= 0.3 is 5.97 Å². The molecule has 2 atom stereocenters. The van der Waals surface area contributed by atoms with Crippen LogP contribution in [0.15, 0.2) is 12.2 Å². The molecule has 1 aliphatic carbocycles. The standard InChI is InChI=1S/C13H20O3/c1-8(2)9-6-7-13(3,4)11(14)10(9)12(15)16-5/h9-10H,1,6-7H2,2-5H3/t9-,10-/m0/s1. The summed E-state index contributed by atoms with van der Waals surface area (Å²) in [4.78, 5) is 23.9. The minimum atomic E-state index is -0.661. The van der Waals surface area contributed by atoms with Gasteiger partial charge in [-0.25, -0.2) is 0 Å². The van der Waals surface area contributed by atoms with E-state index < -0.39 is 17.3 Å². The van der Waals surface area contributed by atoms with Gasteiger partial charge in [-0.3, -0.25) is 9.59 Å². The molecule has 1 fully saturated rings. The van der Waals surface area contributed by atoms with E-state index in [0.717, 1.165) is 18.4 Å². The highest BCUT2D eigenvalue weighted by atomic mass is 16.5. The molecule has 0 aromatic carbocycles. The first-order valence-corrected chi connectivity index (χ1v) is 5.59. The van der Waals surface area contributed by atoms with Crippen LogP contribution in [0, 0.1) is 17.3 Å². The summed E-state index contributed by atoms with van der Waals surface area (Å²) >= 11 is 0. The van der Waals surface area contributed by atoms with Gasteiger partial charge in [-0.15, -0.1) is 0 Å². The van der Waals surface area contributed by atoms with Crippen molar-refractivity contribution in [3.8, 4) is 0 Å². The van der Waals surface area contributed by atoms with E-state index in [4.69, 9.17) is 4.74 Å². The molecule has 0 aromatic heterocycles. The molecule has 0 N–H and O–H groups in total. The molecule has 3 heteroatoms. The summed E-state index contributed by atoms with van der Waals surface area (Å²) in [6.45, 7) is 9.51. The molecular weight excluding hydrogens is 204 g/mol. The molecule has 0 amide bonds. The minimum Gasteiger partial charge on any atom is -0.468 e. The van der Waals surface area contributed by atoms with Gasteiger partial charge in [0.15, 0.2) is 5.78 Å². The zero-order valence-corrected chi connectivity index (χ0v) is 10.5. The summed E-state index contributed by atoms with van der Waals surface area (Å²) in [5.41, 5.74) is 0.462. The number of carbonyl (C=O) groups is 2. The minimum absolute atomic E-state index is 0.0152. The molecule has 0 unspecified atom stereocenters. The monoisotopic (exact) mass is 224 g/mol. The lowest BCUT2D eigenvalue weighted by Gasteiger charge is -2.38. The quantitative estimate of drug-likeness (QED) is 0.411. The van der Waals surface area contributed by atoms with Crippen molar-refractivity contribution >= 4 is 11.8 Å². The first-order chi connectivity index (χ1) is 7.31. The van der Waals surface area contributed by atoms with Crippen molar-refractivity contribution in [3.63, 3.8) is 0 Å². The summed E-state index contributed by atoms with van der Waals surface area (Å²) in [5.74, 6) is -1.16. The number of Topliss-reactive ketones (excluding diaryl/α,β-unsaturated/α-hetero) is 1. The molecule has 0 heterocycles. The molecule has 0 radical (unpaired) electrons. The maximum atomic E-state index is 12.2. The first kappa shape index (κ1) is 12.9. The van der Waals surface area contributed by atoms with Crippen molar-refractivity contribution in [1.82, 2.24) is 0 Å². The third kappa shape index (κ3) is 2.18. The SMILES string of the molecule is C=C(C)[C@@H]1CCC(C)(C)C(=O)[C@H]1C(=O)OC. The topological polar surface area (TPSA) is 43.4 Å². The van der Waals surface area contributed by atoms with Crippen molar-refractivity contribution < 1.29 is 14.3 Å². The van der Waals surface area contributed by atoms with Gasteiger partial charge in [-0.2, -0.15) is 0 Å². The Morgan fingerprint density at radius 3 is 2.50 bits per heavy atom. The fourth-order valence-electron chi connectivity index (χ4n) is 2.34. The van der Waals surface area contributed by atoms with Crippen LogP contribution in [0.4, 0.5) is 0 Å². The Kier molecular flexibility index (Phi) is 3.56. The summed E-state index contributed by atoms with van der Waals surface area (Å²) in [6.07, 6.45) is 1.63. The van der Waals surface area contributed by atoms with Crippen LogP contribution >= 0.6 is 0 Å². The molecule has 0 saturated heterocycles. The third-order valence-electron chi connectivity index (χ3n) is 3.52. The fraction of sp³-hybridized carbons (Fsp3) is 0.692. The van der Waals surface area contributed by atoms with Gasteiger partial charge < -0.3 is 4.74 Å². The van der Waals surface area contributed by atoms with Gasteiger partial charge in [0.2, 0.25) is 0 Å². The lowest BCUT2D eigenvalue weighted by molar-refractivity contribution is -0.156. The smallest absolute Gasteiger partial charge is 0.316 e. The molecule has 1 saturated carbocycles. The number of hydrogen-bond acceptors (Lipinski definition) is 3. The van der Waals surface area contributed by atoms with Gasteiger partial charge in [0.05, 0.1) is 7.11 Å². The second-order valence-electron chi connectivity index (χ2n) is 5.24. The predicted octanol–water partition coefficient (Wildman–Crippen LogP) is 2.36. The Hall–Kier alpha value is -1.12. The largest absolute Gasteiger partial charge is 0.468 e. The Balaban J connectivity index is 3.05. The number of ketones is 1. The van der Waals surface area contributed by atoms with Crippen molar-refractivity contribution in [3.05, 3.63) is 12.2 Å². The molecule has 1 aliphatic rings. The normalized spacial score (nSPS) is 28.6. The zero-order valence-electron chi connectivity index (χ0n) is 10.5. The molecular formula is C13H20O3. The third-order valence-corrected chi connectivity index (χ3v) is 3.52. The lowest BCUT2D eigenvalue weighted by Crippen LogP contribution is -2.45. The molecule has 0 aliphatic heterocycles. The highest BCUT2D eigenvalue weighted by Crippen LogP contribution is 2.41. The summed E-state index contributed by atoms with van der Waals surface area (Å²) < 4.78 is 4.73. The van der Waals surface area contributed by atoms with Crippen molar-refractivity contribution in [1.29, 1.82) is 0 Å². The van der Waals surface area contributed by atoms with Gasteiger partial charge in [0, 0.05) is 5.41 Å². The van der Waals surface area contributed by atoms with E-state index in [2.05, 4.69) is 6.58 Å². The molecule has 1 rings (SSSR count). The van der Waals surface area contributed by atoms with Crippen LogP contribution in [-0.2, 0) is 14.3 Å². The van der Waals surface area contributed by atoms with E-state index >= 15 is 0 Å². The van der Waals surface area contributed by atoms with E-state index in [1.165, 1.54) is 7.11 Å². The summed E-state index contributed by atoms with van der Waals surface area (Å²) in [7, 11) is 1.33. The van der Waals surface area contributed by atoms with Crippen molar-refractivity contribution in [2.24, 2.45) is 17.3 Å². The van der Waals surface area contributed by atoms with Crippen LogP contribution in [0.1, 0.15) is 33.6 Å². The van der Waals surface area contributed by atoms with Crippen LogP contribution in [0.5, 0.6) is 0 Å². The maximum Gasteiger partial charge on any atom is 0.316 e. The number of rotatable bonds is 2. The highest BCUT2D eigenvalue weighted by molar-refractivity contribution is 6.02. The maximum absolute atomic E-state index is 12.2. The Morgan fingerprint density at radius 2 is 2.06 bits per heavy atom. The molecule has 0 bridgehead atoms. The van der Waals surface area contributed by atoms with Crippen LogP contribution in [0.2, 0.25) is 0 Å². The molecule has 3 nitrogen and oxygen atoms in total. The number of hydrogen-bond donors (Lipinski definition) is 0. The number of carbonyl (C=O) groups excluding carboxylic acids is 2. The number of esters is 1. The molecule has 0 aromatic rings. The van der Waals surface area contributed by atoms with Gasteiger partial charge in [0.25, 0.3) is 0 Å². The van der Waals surface area contributed by atoms with E-state index in [1.54, 1.807) is 0 Å². The average Bonchev–Trinajstić information content (AvgIpc) is 2.20. The van der Waals surface area contributed by atoms with E-state index in [1.807, 2.05) is 20.8 Å². The highest BCUT2D eigenvalue weighted by Gasteiger charge is 2.47. The first-order valence-electron chi connectivity index (χ1n) is 5.59. The van der Waals surface area contributed by atoms with E-state index in [-0.39, 0.29) is 11.7 Å². The number of methoxy groups -OCH3 is 1. The van der Waals surface area contributed by atoms with Crippen LogP contribution in [0.3, 0.4) is 0 Å². The Bertz CT molecular complexity index is 328. The van der Waals surface area contributed by atoms with Crippen molar-refractivity contribution in [2.75, 3.05) is 7.11 Å². The Morgan fingerprint density at radius 1 is 1.50 bits per heavy atom. The summed E-state index contributed by atoms with van der Waals surface area (Å²) in [5, 5.41) is 0. The van der Waals surface area contributed by atoms with Gasteiger partial charge in [-0.1, -0.05) is 26.0 Å². The molecule has 0 spiro atoms. The predicted molar refractivity (Wildman–Crippen MR) is 61.8 cm³/mol. The summed E-state index contributed by atoms with van der Waals surface area (Å²) in [6, 6.07) is 0. The van der Waals surface area contributed by atoms with E-state index in [9.17, 15) is 9.59 Å². The number of ether oxygens (including phenoxy) is 1. The second-order valence-corrected chi connectivity index (χ2v) is 5.24. The fourth-order valence-corrected chi connectivity index (χ4v) is 2.34.